The number of hydrogen-bond donors (Lipinski definition) is 2. The second-order valence-electron chi connectivity index (χ2n) is 8.38. The summed E-state index contributed by atoms with van der Waals surface area (Å²) in [7, 11) is 0. The highest BCUT2D eigenvalue weighted by atomic mass is 16.5. The van der Waals surface area contributed by atoms with Crippen LogP contribution in [0, 0.1) is 11.8 Å². The van der Waals surface area contributed by atoms with Crippen LogP contribution in [0.15, 0.2) is 60.7 Å². The molecule has 0 radical (unpaired) electrons. The molecule has 0 bridgehead atoms. The summed E-state index contributed by atoms with van der Waals surface area (Å²) >= 11 is 0. The first-order valence-corrected chi connectivity index (χ1v) is 9.81. The van der Waals surface area contributed by atoms with Gasteiger partial charge in [0, 0.05) is 5.69 Å². The number of benzene rings is 2. The molecular weight excluding hydrogens is 366 g/mol. The lowest BCUT2D eigenvalue weighted by Gasteiger charge is -2.24. The van der Waals surface area contributed by atoms with E-state index in [0.29, 0.717) is 24.3 Å². The fourth-order valence-electron chi connectivity index (χ4n) is 3.38. The zero-order chi connectivity index (χ0) is 21.0. The van der Waals surface area contributed by atoms with E-state index in [1.807, 2.05) is 24.3 Å². The van der Waals surface area contributed by atoms with E-state index in [2.05, 4.69) is 38.2 Å². The van der Waals surface area contributed by atoms with Crippen LogP contribution in [0.4, 0.5) is 5.69 Å². The second kappa shape index (κ2) is 8.52. The van der Waals surface area contributed by atoms with E-state index in [4.69, 9.17) is 4.74 Å². The maximum absolute atomic E-state index is 12.5. The molecule has 2 aromatic carbocycles. The third-order valence-corrected chi connectivity index (χ3v) is 5.16. The highest BCUT2D eigenvalue weighted by Crippen LogP contribution is 2.29. The van der Waals surface area contributed by atoms with Crippen molar-refractivity contribution in [3.8, 4) is 11.5 Å². The summed E-state index contributed by atoms with van der Waals surface area (Å²) in [5.41, 5.74) is 1.94. The molecule has 0 aromatic heterocycles. The molecule has 2 atom stereocenters. The van der Waals surface area contributed by atoms with Crippen molar-refractivity contribution in [1.29, 1.82) is 0 Å². The molecule has 2 aromatic rings. The van der Waals surface area contributed by atoms with Gasteiger partial charge in [-0.1, -0.05) is 45.1 Å². The molecule has 1 amide bonds. The molecule has 0 aliphatic heterocycles. The van der Waals surface area contributed by atoms with Crippen LogP contribution in [0.2, 0.25) is 0 Å². The van der Waals surface area contributed by atoms with Gasteiger partial charge in [-0.15, -0.1) is 0 Å². The Balaban J connectivity index is 1.62. The maximum Gasteiger partial charge on any atom is 0.307 e. The van der Waals surface area contributed by atoms with Crippen LogP contribution in [0.25, 0.3) is 0 Å². The Bertz CT molecular complexity index is 892. The number of carboxylic acid groups (broad SMARTS) is 1. The van der Waals surface area contributed by atoms with Gasteiger partial charge in [-0.3, -0.25) is 9.59 Å². The SMILES string of the molecule is CC(C)(C)c1ccc(Oc2ccc(NC(=O)[C@@H]3CC=CC[C@@H]3C(=O)O)cc2)cc1. The van der Waals surface area contributed by atoms with E-state index in [1.54, 1.807) is 24.3 Å². The Morgan fingerprint density at radius 2 is 1.41 bits per heavy atom. The van der Waals surface area contributed by atoms with Crippen LogP contribution in [-0.4, -0.2) is 17.0 Å². The van der Waals surface area contributed by atoms with Crippen LogP contribution >= 0.6 is 0 Å². The molecule has 29 heavy (non-hydrogen) atoms. The lowest BCUT2D eigenvalue weighted by Crippen LogP contribution is -2.34. The minimum atomic E-state index is -0.935. The molecule has 0 unspecified atom stereocenters. The van der Waals surface area contributed by atoms with Gasteiger partial charge in [0.05, 0.1) is 11.8 Å². The fraction of sp³-hybridized carbons (Fsp3) is 0.333. The summed E-state index contributed by atoms with van der Waals surface area (Å²) in [5, 5.41) is 12.2. The molecule has 2 N–H and O–H groups in total. The van der Waals surface area contributed by atoms with Gasteiger partial charge in [-0.2, -0.15) is 0 Å². The topological polar surface area (TPSA) is 75.6 Å². The second-order valence-corrected chi connectivity index (χ2v) is 8.38. The first-order chi connectivity index (χ1) is 13.7. The van der Waals surface area contributed by atoms with Crippen molar-refractivity contribution in [3.63, 3.8) is 0 Å². The monoisotopic (exact) mass is 393 g/mol. The minimum absolute atomic E-state index is 0.0894. The van der Waals surface area contributed by atoms with Crippen molar-refractivity contribution in [3.05, 3.63) is 66.2 Å². The lowest BCUT2D eigenvalue weighted by atomic mass is 9.82. The van der Waals surface area contributed by atoms with Crippen LogP contribution in [0.1, 0.15) is 39.2 Å². The zero-order valence-electron chi connectivity index (χ0n) is 17.0. The normalized spacial score (nSPS) is 18.9. The smallest absolute Gasteiger partial charge is 0.307 e. The molecule has 0 heterocycles. The van der Waals surface area contributed by atoms with E-state index < -0.39 is 17.8 Å². The molecule has 1 aliphatic carbocycles. The van der Waals surface area contributed by atoms with Gasteiger partial charge in [0.2, 0.25) is 5.91 Å². The molecular formula is C24H27NO4. The quantitative estimate of drug-likeness (QED) is 0.669. The number of hydrogen-bond acceptors (Lipinski definition) is 3. The first-order valence-electron chi connectivity index (χ1n) is 9.81. The Hall–Kier alpha value is -3.08. The summed E-state index contributed by atoms with van der Waals surface area (Å²) < 4.78 is 5.87. The van der Waals surface area contributed by atoms with Crippen LogP contribution in [-0.2, 0) is 15.0 Å². The summed E-state index contributed by atoms with van der Waals surface area (Å²) in [6, 6.07) is 15.1. The Morgan fingerprint density at radius 1 is 0.897 bits per heavy atom. The number of rotatable bonds is 5. The number of carbonyl (C=O) groups is 2. The Labute approximate surface area is 171 Å². The standard InChI is InChI=1S/C24H27NO4/c1-24(2,3)16-8-12-18(13-9-16)29-19-14-10-17(11-15-19)25-22(26)20-6-4-5-7-21(20)23(27)28/h4-5,8-15,20-21H,6-7H2,1-3H3,(H,25,26)(H,27,28)/t20-,21+/m1/s1. The first kappa shape index (κ1) is 20.6. The van der Waals surface area contributed by atoms with E-state index in [9.17, 15) is 14.7 Å². The summed E-state index contributed by atoms with van der Waals surface area (Å²) in [5.74, 6) is -1.04. The predicted octanol–water partition coefficient (Wildman–Crippen LogP) is 5.38. The van der Waals surface area contributed by atoms with E-state index in [-0.39, 0.29) is 11.3 Å². The van der Waals surface area contributed by atoms with Gasteiger partial charge in [0.15, 0.2) is 0 Å². The molecule has 3 rings (SSSR count). The number of carboxylic acids is 1. The van der Waals surface area contributed by atoms with Crippen LogP contribution < -0.4 is 10.1 Å². The molecule has 0 saturated carbocycles. The van der Waals surface area contributed by atoms with Crippen molar-refractivity contribution in [1.82, 2.24) is 0 Å². The maximum atomic E-state index is 12.5. The van der Waals surface area contributed by atoms with Crippen molar-refractivity contribution >= 4 is 17.6 Å². The summed E-state index contributed by atoms with van der Waals surface area (Å²) in [4.78, 5) is 23.9. The number of carbonyl (C=O) groups excluding carboxylic acids is 1. The average Bonchev–Trinajstić information content (AvgIpc) is 2.69. The molecule has 5 nitrogen and oxygen atoms in total. The molecule has 0 spiro atoms. The molecule has 0 fully saturated rings. The van der Waals surface area contributed by atoms with Gasteiger partial charge in [-0.25, -0.2) is 0 Å². The molecule has 152 valence electrons. The van der Waals surface area contributed by atoms with Crippen LogP contribution in [0.3, 0.4) is 0 Å². The van der Waals surface area contributed by atoms with Crippen LogP contribution in [0.5, 0.6) is 11.5 Å². The molecule has 5 heteroatoms. The Kier molecular flexibility index (Phi) is 6.06. The molecule has 0 saturated heterocycles. The number of amides is 1. The largest absolute Gasteiger partial charge is 0.481 e. The number of allylic oxidation sites excluding steroid dienone is 2. The van der Waals surface area contributed by atoms with Crippen molar-refractivity contribution in [2.45, 2.75) is 39.0 Å². The van der Waals surface area contributed by atoms with Gasteiger partial charge in [0.1, 0.15) is 11.5 Å². The summed E-state index contributed by atoms with van der Waals surface area (Å²) in [6.45, 7) is 6.49. The minimum Gasteiger partial charge on any atom is -0.481 e. The fourth-order valence-corrected chi connectivity index (χ4v) is 3.38. The highest BCUT2D eigenvalue weighted by molar-refractivity contribution is 5.95. The number of anilines is 1. The van der Waals surface area contributed by atoms with Crippen molar-refractivity contribution in [2.24, 2.45) is 11.8 Å². The Morgan fingerprint density at radius 3 is 1.93 bits per heavy atom. The zero-order valence-corrected chi connectivity index (χ0v) is 17.0. The number of aliphatic carboxylic acids is 1. The van der Waals surface area contributed by atoms with Crippen molar-refractivity contribution < 1.29 is 19.4 Å². The van der Waals surface area contributed by atoms with E-state index >= 15 is 0 Å². The summed E-state index contributed by atoms with van der Waals surface area (Å²) in [6.07, 6.45) is 4.51. The van der Waals surface area contributed by atoms with E-state index in [0.717, 1.165) is 5.75 Å². The lowest BCUT2D eigenvalue weighted by molar-refractivity contribution is -0.146. The predicted molar refractivity (Wildman–Crippen MR) is 113 cm³/mol. The van der Waals surface area contributed by atoms with Gasteiger partial charge in [-0.05, 0) is 60.2 Å². The number of ether oxygens (including phenoxy) is 1. The highest BCUT2D eigenvalue weighted by Gasteiger charge is 2.33. The van der Waals surface area contributed by atoms with Gasteiger partial charge in [0.25, 0.3) is 0 Å². The third kappa shape index (κ3) is 5.25. The van der Waals surface area contributed by atoms with Crippen molar-refractivity contribution in [2.75, 3.05) is 5.32 Å². The van der Waals surface area contributed by atoms with E-state index in [1.165, 1.54) is 5.56 Å². The van der Waals surface area contributed by atoms with Gasteiger partial charge < -0.3 is 15.2 Å². The number of nitrogens with one attached hydrogen (secondary N) is 1. The molecule has 1 aliphatic rings. The third-order valence-electron chi connectivity index (χ3n) is 5.16. The average molecular weight is 393 g/mol. The van der Waals surface area contributed by atoms with Gasteiger partial charge >= 0.3 is 5.97 Å².